The molecule has 2 aliphatic carbocycles. The Labute approximate surface area is 140 Å². The minimum atomic E-state index is -0.608. The molecule has 0 bridgehead atoms. The first-order valence-corrected chi connectivity index (χ1v) is 8.76. The number of hydrogen-bond donors (Lipinski definition) is 2. The van der Waals surface area contributed by atoms with Gasteiger partial charge in [-0.25, -0.2) is 4.79 Å². The van der Waals surface area contributed by atoms with Crippen LogP contribution < -0.4 is 10.6 Å². The molecule has 0 saturated carbocycles. The Kier molecular flexibility index (Phi) is 5.65. The van der Waals surface area contributed by atoms with Crippen molar-refractivity contribution in [2.75, 3.05) is 19.3 Å². The summed E-state index contributed by atoms with van der Waals surface area (Å²) in [6.07, 6.45) is 2.94. The normalized spacial score (nSPS) is 15.5. The number of urea groups is 1. The first-order chi connectivity index (χ1) is 11.0. The molecule has 4 amide bonds. The summed E-state index contributed by atoms with van der Waals surface area (Å²) in [7, 11) is 0. The molecular weight excluding hydrogens is 314 g/mol. The molecule has 1 saturated heterocycles. The Bertz CT molecular complexity index is 613. The fourth-order valence-electron chi connectivity index (χ4n) is 2.15. The monoisotopic (exact) mass is 335 g/mol. The van der Waals surface area contributed by atoms with Crippen molar-refractivity contribution in [3.8, 4) is 11.1 Å². The van der Waals surface area contributed by atoms with Crippen LogP contribution in [0.1, 0.15) is 20.3 Å². The van der Waals surface area contributed by atoms with E-state index < -0.39 is 12.1 Å². The largest absolute Gasteiger partial charge is 0.354 e. The highest BCUT2D eigenvalue weighted by atomic mass is 32.2. The Balaban J connectivity index is 0.000000198. The number of carbonyl (C=O) groups excluding carboxylic acids is 3. The van der Waals surface area contributed by atoms with Crippen LogP contribution in [0.3, 0.4) is 0 Å². The van der Waals surface area contributed by atoms with Crippen LogP contribution >= 0.6 is 11.8 Å². The molecule has 2 N–H and O–H groups in total. The van der Waals surface area contributed by atoms with Gasteiger partial charge in [-0.15, -0.1) is 11.8 Å². The molecule has 0 aromatic heterocycles. The Morgan fingerprint density at radius 1 is 1.35 bits per heavy atom. The number of rotatable bonds is 5. The molecule has 1 heterocycles. The Hall–Kier alpha value is -2.02. The van der Waals surface area contributed by atoms with Crippen LogP contribution in [0, 0.1) is 0 Å². The maximum Gasteiger partial charge on any atom is 0.325 e. The molecule has 3 rings (SSSR count). The lowest BCUT2D eigenvalue weighted by molar-refractivity contribution is -0.125. The second-order valence-electron chi connectivity index (χ2n) is 5.40. The second kappa shape index (κ2) is 7.50. The second-order valence-corrected chi connectivity index (χ2v) is 6.28. The number of nitrogens with one attached hydrogen (secondary N) is 2. The molecule has 23 heavy (non-hydrogen) atoms. The van der Waals surface area contributed by atoms with Crippen LogP contribution in [0.25, 0.3) is 11.1 Å². The third-order valence-electron chi connectivity index (χ3n) is 3.61. The third-order valence-corrected chi connectivity index (χ3v) is 4.32. The summed E-state index contributed by atoms with van der Waals surface area (Å²) in [6.45, 7) is 4.08. The van der Waals surface area contributed by atoms with Crippen molar-refractivity contribution in [2.24, 2.45) is 0 Å². The zero-order chi connectivity index (χ0) is 17.0. The molecule has 0 spiro atoms. The maximum absolute atomic E-state index is 11.5. The van der Waals surface area contributed by atoms with E-state index in [0.717, 1.165) is 6.42 Å². The molecule has 6 nitrogen and oxygen atoms in total. The average molecular weight is 335 g/mol. The fourth-order valence-corrected chi connectivity index (χ4v) is 2.64. The average Bonchev–Trinajstić information content (AvgIpc) is 2.99. The van der Waals surface area contributed by atoms with Crippen LogP contribution in [-0.2, 0) is 9.59 Å². The van der Waals surface area contributed by atoms with Gasteiger partial charge in [-0.1, -0.05) is 6.92 Å². The quantitative estimate of drug-likeness (QED) is 0.645. The van der Waals surface area contributed by atoms with Crippen LogP contribution in [0.15, 0.2) is 23.1 Å². The van der Waals surface area contributed by atoms with Crippen molar-refractivity contribution >= 4 is 29.6 Å². The topological polar surface area (TPSA) is 78.5 Å². The summed E-state index contributed by atoms with van der Waals surface area (Å²) in [6, 6.07) is 5.53. The summed E-state index contributed by atoms with van der Waals surface area (Å²) in [5.41, 5.74) is 2.88. The van der Waals surface area contributed by atoms with Gasteiger partial charge in [0.15, 0.2) is 0 Å². The van der Waals surface area contributed by atoms with Crippen LogP contribution in [0.5, 0.6) is 0 Å². The highest BCUT2D eigenvalue weighted by Gasteiger charge is 2.33. The number of fused-ring (bicyclic) bond motifs is 1. The van der Waals surface area contributed by atoms with E-state index in [2.05, 4.69) is 35.1 Å². The summed E-state index contributed by atoms with van der Waals surface area (Å²) < 4.78 is 0. The number of benzene rings is 1. The number of thioether (sulfide) groups is 1. The summed E-state index contributed by atoms with van der Waals surface area (Å²) in [5, 5.41) is 4.80. The summed E-state index contributed by atoms with van der Waals surface area (Å²) in [4.78, 5) is 36.2. The minimum absolute atomic E-state index is 0.0421. The molecular formula is C16H21N3O3S. The van der Waals surface area contributed by atoms with E-state index in [1.807, 2.05) is 18.7 Å². The van der Waals surface area contributed by atoms with Gasteiger partial charge in [0.25, 0.3) is 0 Å². The van der Waals surface area contributed by atoms with E-state index >= 15 is 0 Å². The Morgan fingerprint density at radius 3 is 2.43 bits per heavy atom. The van der Waals surface area contributed by atoms with Gasteiger partial charge in [0, 0.05) is 11.4 Å². The van der Waals surface area contributed by atoms with Gasteiger partial charge in [0.2, 0.25) is 11.8 Å². The molecule has 1 fully saturated rings. The van der Waals surface area contributed by atoms with Crippen molar-refractivity contribution in [1.29, 1.82) is 0 Å². The molecule has 0 aromatic carbocycles. The molecule has 124 valence electrons. The van der Waals surface area contributed by atoms with Gasteiger partial charge < -0.3 is 10.2 Å². The lowest BCUT2D eigenvalue weighted by atomic mass is 10.2. The molecule has 1 unspecified atom stereocenters. The third kappa shape index (κ3) is 4.48. The zero-order valence-electron chi connectivity index (χ0n) is 13.5. The smallest absolute Gasteiger partial charge is 0.325 e. The molecule has 1 aliphatic heterocycles. The minimum Gasteiger partial charge on any atom is -0.354 e. The van der Waals surface area contributed by atoms with Crippen molar-refractivity contribution in [1.82, 2.24) is 15.5 Å². The fraction of sp³-hybridized carbons (Fsp3) is 0.438. The Morgan fingerprint density at radius 2 is 2.00 bits per heavy atom. The SMILES string of the molecule is CCCNC(=O)C(C)N1CC(=O)NC1=O.CSc1cc2cc-2c1. The van der Waals surface area contributed by atoms with Gasteiger partial charge in [-0.05, 0) is 48.9 Å². The van der Waals surface area contributed by atoms with Crippen molar-refractivity contribution < 1.29 is 14.4 Å². The molecule has 3 aliphatic rings. The lowest BCUT2D eigenvalue weighted by Gasteiger charge is -2.20. The first-order valence-electron chi connectivity index (χ1n) is 7.54. The van der Waals surface area contributed by atoms with Crippen molar-refractivity contribution in [3.05, 3.63) is 18.2 Å². The van der Waals surface area contributed by atoms with E-state index in [-0.39, 0.29) is 18.4 Å². The maximum atomic E-state index is 11.5. The first kappa shape index (κ1) is 17.3. The van der Waals surface area contributed by atoms with E-state index in [4.69, 9.17) is 0 Å². The van der Waals surface area contributed by atoms with Gasteiger partial charge in [0.1, 0.15) is 12.6 Å². The van der Waals surface area contributed by atoms with E-state index in [1.54, 1.807) is 6.92 Å². The molecule has 0 aromatic rings. The van der Waals surface area contributed by atoms with Crippen LogP contribution in [0.2, 0.25) is 0 Å². The summed E-state index contributed by atoms with van der Waals surface area (Å²) >= 11 is 1.81. The number of nitrogens with zero attached hydrogens (tertiary/aromatic N) is 1. The van der Waals surface area contributed by atoms with Crippen molar-refractivity contribution in [2.45, 2.75) is 31.2 Å². The molecule has 7 heteroatoms. The molecule has 1 atom stereocenters. The predicted octanol–water partition coefficient (Wildman–Crippen LogP) is 1.84. The number of imide groups is 1. The highest BCUT2D eigenvalue weighted by molar-refractivity contribution is 7.98. The van der Waals surface area contributed by atoms with Crippen molar-refractivity contribution in [3.63, 3.8) is 0 Å². The van der Waals surface area contributed by atoms with E-state index in [1.165, 1.54) is 20.9 Å². The molecule has 0 radical (unpaired) electrons. The number of carbonyl (C=O) groups is 3. The van der Waals surface area contributed by atoms with E-state index in [9.17, 15) is 14.4 Å². The van der Waals surface area contributed by atoms with E-state index in [0.29, 0.717) is 6.54 Å². The van der Waals surface area contributed by atoms with Gasteiger partial charge in [0.05, 0.1) is 0 Å². The highest BCUT2D eigenvalue weighted by Crippen LogP contribution is 2.39. The van der Waals surface area contributed by atoms with Gasteiger partial charge in [-0.2, -0.15) is 0 Å². The summed E-state index contributed by atoms with van der Waals surface area (Å²) in [5.74, 6) is -0.600. The van der Waals surface area contributed by atoms with Gasteiger partial charge >= 0.3 is 6.03 Å². The van der Waals surface area contributed by atoms with Crippen LogP contribution in [0.4, 0.5) is 4.79 Å². The van der Waals surface area contributed by atoms with Gasteiger partial charge in [-0.3, -0.25) is 14.9 Å². The number of hydrogen-bond acceptors (Lipinski definition) is 4. The van der Waals surface area contributed by atoms with Crippen LogP contribution in [-0.4, -0.2) is 48.1 Å². The predicted molar refractivity (Wildman–Crippen MR) is 90.2 cm³/mol. The standard InChI is InChI=1S/C9H15N3O3.C7H6S/c1-3-4-10-8(14)6(2)12-5-7(13)11-9(12)15;1-8-7-3-5-2-6(5)4-7/h6H,3-5H2,1-2H3,(H,10,14)(H,11,13,15);2-4H,1H3. The lowest BCUT2D eigenvalue weighted by Crippen LogP contribution is -2.46. The number of amides is 4. The zero-order valence-corrected chi connectivity index (χ0v) is 14.3.